The number of methoxy groups -OCH3 is 1. The van der Waals surface area contributed by atoms with Gasteiger partial charge in [0.05, 0.1) is 6.10 Å². The molecule has 23 heavy (non-hydrogen) atoms. The van der Waals surface area contributed by atoms with Gasteiger partial charge in [-0.15, -0.1) is 0 Å². The fourth-order valence-corrected chi connectivity index (χ4v) is 3.11. The maximum absolute atomic E-state index is 11.9. The molecule has 1 aliphatic rings. The van der Waals surface area contributed by atoms with E-state index in [1.165, 1.54) is 19.4 Å². The van der Waals surface area contributed by atoms with E-state index in [-0.39, 0.29) is 0 Å². The number of H-pyrrole nitrogens is 1. The molecule has 2 N–H and O–H groups in total. The van der Waals surface area contributed by atoms with Crippen LogP contribution < -0.4 is 11.2 Å². The quantitative estimate of drug-likeness (QED) is 0.686. The molecule has 2 rings (SSSR count). The number of hydrogen-bond donors (Lipinski definition) is 2. The van der Waals surface area contributed by atoms with Gasteiger partial charge in [0.1, 0.15) is 12.2 Å². The highest BCUT2D eigenvalue weighted by atomic mass is 31.2. The zero-order valence-electron chi connectivity index (χ0n) is 12.9. The Morgan fingerprint density at radius 1 is 1.39 bits per heavy atom. The van der Waals surface area contributed by atoms with Crippen LogP contribution >= 0.6 is 7.82 Å². The molecule has 2 heterocycles. The van der Waals surface area contributed by atoms with E-state index in [0.717, 1.165) is 11.7 Å². The van der Waals surface area contributed by atoms with Gasteiger partial charge in [-0.2, -0.15) is 0 Å². The second kappa shape index (κ2) is 7.08. The first-order chi connectivity index (χ1) is 10.8. The third kappa shape index (κ3) is 3.79. The Hall–Kier alpha value is -1.29. The smallest absolute Gasteiger partial charge is 0.374 e. The molecule has 11 heteroatoms. The molecule has 0 spiro atoms. The fraction of sp³-hybridized carbons (Fsp3) is 0.667. The summed E-state index contributed by atoms with van der Waals surface area (Å²) >= 11 is 0. The van der Waals surface area contributed by atoms with Gasteiger partial charge in [-0.05, 0) is 6.42 Å². The van der Waals surface area contributed by atoms with Gasteiger partial charge in [-0.1, -0.05) is 6.92 Å². The lowest BCUT2D eigenvalue weighted by Crippen LogP contribution is -2.39. The van der Waals surface area contributed by atoms with Crippen LogP contribution in [0.5, 0.6) is 0 Å². The molecule has 1 aromatic rings. The predicted octanol–water partition coefficient (Wildman–Crippen LogP) is -0.00900. The highest BCUT2D eigenvalue weighted by Gasteiger charge is 2.49. The van der Waals surface area contributed by atoms with Crippen LogP contribution in [0.25, 0.3) is 0 Å². The third-order valence-corrected chi connectivity index (χ3v) is 4.54. The van der Waals surface area contributed by atoms with Crippen molar-refractivity contribution in [3.8, 4) is 0 Å². The molecule has 0 aliphatic carbocycles. The van der Waals surface area contributed by atoms with E-state index < -0.39 is 43.6 Å². The van der Waals surface area contributed by atoms with Crippen LogP contribution in [-0.2, 0) is 23.1 Å². The summed E-state index contributed by atoms with van der Waals surface area (Å²) in [5.74, 6) is 0. The summed E-state index contributed by atoms with van der Waals surface area (Å²) in [4.78, 5) is 34.8. The van der Waals surface area contributed by atoms with Crippen LogP contribution in [0.1, 0.15) is 19.6 Å². The number of rotatable bonds is 6. The molecule has 130 valence electrons. The standard InChI is InChI=1S/C12H19N2O8P/c1-4-7-9(22-23(17,18)20-3)10(19-2)11(21-7)14-6-5-8(15)13-12(14)16/h5-7,9-11H,4H2,1-3H3,(H,17,18)(H,13,15,16)/t7-,9?,10?,11-/m1/s1. The maximum atomic E-state index is 11.9. The molecule has 1 saturated heterocycles. The van der Waals surface area contributed by atoms with E-state index in [1.54, 1.807) is 6.92 Å². The Morgan fingerprint density at radius 3 is 2.61 bits per heavy atom. The van der Waals surface area contributed by atoms with E-state index in [9.17, 15) is 19.0 Å². The van der Waals surface area contributed by atoms with Crippen molar-refractivity contribution in [1.82, 2.24) is 9.55 Å². The molecule has 0 radical (unpaired) electrons. The Labute approximate surface area is 131 Å². The zero-order valence-corrected chi connectivity index (χ0v) is 13.8. The van der Waals surface area contributed by atoms with Crippen LogP contribution in [0.4, 0.5) is 0 Å². The minimum Gasteiger partial charge on any atom is -0.374 e. The first kappa shape index (κ1) is 18.1. The Bertz CT molecular complexity index is 701. The first-order valence-electron chi connectivity index (χ1n) is 6.89. The van der Waals surface area contributed by atoms with Gasteiger partial charge in [-0.3, -0.25) is 23.4 Å². The number of nitrogens with one attached hydrogen (secondary N) is 1. The van der Waals surface area contributed by atoms with Crippen LogP contribution in [0.3, 0.4) is 0 Å². The van der Waals surface area contributed by atoms with Gasteiger partial charge in [0, 0.05) is 26.5 Å². The Balaban J connectivity index is 2.37. The third-order valence-electron chi connectivity index (χ3n) is 3.57. The number of nitrogens with zero attached hydrogens (tertiary/aromatic N) is 1. The molecule has 0 amide bonds. The molecule has 1 fully saturated rings. The molecule has 3 unspecified atom stereocenters. The Kier molecular flexibility index (Phi) is 5.56. The molecule has 0 saturated carbocycles. The number of hydrogen-bond acceptors (Lipinski definition) is 7. The molecule has 10 nitrogen and oxygen atoms in total. The van der Waals surface area contributed by atoms with E-state index >= 15 is 0 Å². The van der Waals surface area contributed by atoms with Crippen molar-refractivity contribution in [3.63, 3.8) is 0 Å². The molecular weight excluding hydrogens is 331 g/mol. The van der Waals surface area contributed by atoms with Gasteiger partial charge >= 0.3 is 13.5 Å². The van der Waals surface area contributed by atoms with E-state index in [4.69, 9.17) is 14.0 Å². The van der Waals surface area contributed by atoms with Crippen LogP contribution in [0.15, 0.2) is 21.9 Å². The normalized spacial score (nSPS) is 30.3. The van der Waals surface area contributed by atoms with Crippen molar-refractivity contribution in [2.45, 2.75) is 37.9 Å². The van der Waals surface area contributed by atoms with Gasteiger partial charge in [-0.25, -0.2) is 9.36 Å². The second-order valence-electron chi connectivity index (χ2n) is 4.91. The fourth-order valence-electron chi connectivity index (χ4n) is 2.46. The van der Waals surface area contributed by atoms with Crippen LogP contribution in [-0.4, -0.2) is 47.0 Å². The van der Waals surface area contributed by atoms with Gasteiger partial charge in [0.15, 0.2) is 6.23 Å². The molecule has 1 aliphatic heterocycles. The minimum atomic E-state index is -4.27. The number of phosphoric acid groups is 1. The summed E-state index contributed by atoms with van der Waals surface area (Å²) in [6.45, 7) is 1.79. The molecule has 5 atom stereocenters. The highest BCUT2D eigenvalue weighted by molar-refractivity contribution is 7.47. The molecule has 1 aromatic heterocycles. The number of aromatic amines is 1. The first-order valence-corrected chi connectivity index (χ1v) is 8.39. The summed E-state index contributed by atoms with van der Waals surface area (Å²) in [6, 6.07) is 1.17. The topological polar surface area (TPSA) is 129 Å². The summed E-state index contributed by atoms with van der Waals surface area (Å²) in [5.41, 5.74) is -1.23. The summed E-state index contributed by atoms with van der Waals surface area (Å²) in [7, 11) is -1.86. The van der Waals surface area contributed by atoms with Crippen molar-refractivity contribution in [1.29, 1.82) is 0 Å². The predicted molar refractivity (Wildman–Crippen MR) is 78.0 cm³/mol. The average molecular weight is 350 g/mol. The van der Waals surface area contributed by atoms with Crippen molar-refractivity contribution >= 4 is 7.82 Å². The monoisotopic (exact) mass is 350 g/mol. The van der Waals surface area contributed by atoms with Crippen LogP contribution in [0, 0.1) is 0 Å². The number of ether oxygens (including phenoxy) is 2. The van der Waals surface area contributed by atoms with Crippen molar-refractivity contribution < 1.29 is 28.0 Å². The Morgan fingerprint density at radius 2 is 2.09 bits per heavy atom. The maximum Gasteiger partial charge on any atom is 0.472 e. The van der Waals surface area contributed by atoms with E-state index in [2.05, 4.69) is 9.51 Å². The van der Waals surface area contributed by atoms with E-state index in [0.29, 0.717) is 6.42 Å². The SMILES string of the molecule is CC[C@H]1O[C@@H](n2ccc(=O)[nH]c2=O)C(OC)C1OP(=O)(O)OC. The van der Waals surface area contributed by atoms with Gasteiger partial charge in [0.2, 0.25) is 0 Å². The van der Waals surface area contributed by atoms with Crippen molar-refractivity contribution in [3.05, 3.63) is 33.1 Å². The van der Waals surface area contributed by atoms with Gasteiger partial charge in [0.25, 0.3) is 5.56 Å². The number of aromatic nitrogens is 2. The van der Waals surface area contributed by atoms with E-state index in [1.807, 2.05) is 0 Å². The molecule has 0 bridgehead atoms. The van der Waals surface area contributed by atoms with Gasteiger partial charge < -0.3 is 14.4 Å². The molecule has 0 aromatic carbocycles. The highest BCUT2D eigenvalue weighted by Crippen LogP contribution is 2.48. The average Bonchev–Trinajstić information content (AvgIpc) is 2.84. The zero-order chi connectivity index (χ0) is 17.2. The minimum absolute atomic E-state index is 0.447. The second-order valence-corrected chi connectivity index (χ2v) is 6.43. The summed E-state index contributed by atoms with van der Waals surface area (Å²) in [5, 5.41) is 0. The lowest BCUT2D eigenvalue weighted by Gasteiger charge is -2.24. The van der Waals surface area contributed by atoms with Crippen molar-refractivity contribution in [2.24, 2.45) is 0 Å². The molecular formula is C12H19N2O8P. The largest absolute Gasteiger partial charge is 0.472 e. The summed E-state index contributed by atoms with van der Waals surface area (Å²) in [6.07, 6.45) is -1.58. The van der Waals surface area contributed by atoms with Crippen molar-refractivity contribution in [2.75, 3.05) is 14.2 Å². The lowest BCUT2D eigenvalue weighted by molar-refractivity contribution is -0.0542. The van der Waals surface area contributed by atoms with Crippen LogP contribution in [0.2, 0.25) is 0 Å². The number of phosphoric ester groups is 1. The lowest BCUT2D eigenvalue weighted by atomic mass is 10.1. The summed E-state index contributed by atoms with van der Waals surface area (Å²) < 4.78 is 33.4.